The van der Waals surface area contributed by atoms with Gasteiger partial charge in [0.1, 0.15) is 0 Å². The van der Waals surface area contributed by atoms with E-state index in [9.17, 15) is 12.9 Å². The molecule has 0 spiro atoms. The topological polar surface area (TPSA) is 77.8 Å². The second kappa shape index (κ2) is 10.6. The Balaban J connectivity index is -0.0000000383. The zero-order chi connectivity index (χ0) is 8.08. The monoisotopic (exact) mass is 188 g/mol. The van der Waals surface area contributed by atoms with Crippen LogP contribution in [0.5, 0.6) is 0 Å². The van der Waals surface area contributed by atoms with Crippen molar-refractivity contribution in [2.75, 3.05) is 0 Å². The molecule has 0 aliphatic rings. The third kappa shape index (κ3) is 2450. The predicted octanol–water partition coefficient (Wildman–Crippen LogP) is -2.59. The minimum absolute atomic E-state index is 0. The number of rotatable bonds is 0. The van der Waals surface area contributed by atoms with Gasteiger partial charge in [0, 0.05) is 0 Å². The summed E-state index contributed by atoms with van der Waals surface area (Å²) < 4.78 is 37.9. The fourth-order valence-corrected chi connectivity index (χ4v) is 0. The molecule has 3 N–H and O–H groups in total. The summed E-state index contributed by atoms with van der Waals surface area (Å²) in [7, 11) is -8.31. The average molecular weight is 188 g/mol. The Hall–Kier alpha value is 0.562. The second-order valence-electron chi connectivity index (χ2n) is 0.761. The second-order valence-corrected chi connectivity index (χ2v) is 1.79. The van der Waals surface area contributed by atoms with E-state index in [-0.39, 0.29) is 26.3 Å². The van der Waals surface area contributed by atoms with Crippen LogP contribution in [-0.2, 0) is 4.57 Å². The standard InChI is InChI=1S/CH3.BF3.Li.H3O4P/c;2-1(3)4;;1-5(2,3)4/h1H3;;;(H3,1,2,3,4)/q-1;;+1;. The van der Waals surface area contributed by atoms with Gasteiger partial charge in [-0.25, -0.2) is 4.57 Å². The molecule has 0 aromatic rings. The maximum Gasteiger partial charge on any atom is 1.00 e. The van der Waals surface area contributed by atoms with E-state index in [1.54, 1.807) is 0 Å². The molecule has 4 nitrogen and oxygen atoms in total. The van der Waals surface area contributed by atoms with Crippen LogP contribution in [0.4, 0.5) is 12.9 Å². The summed E-state index contributed by atoms with van der Waals surface area (Å²) in [5.41, 5.74) is 0. The first-order valence-corrected chi connectivity index (χ1v) is 3.00. The van der Waals surface area contributed by atoms with Crippen LogP contribution >= 0.6 is 7.82 Å². The van der Waals surface area contributed by atoms with Gasteiger partial charge in [-0.2, -0.15) is 0 Å². The number of halogens is 3. The smallest absolute Gasteiger partial charge is 0.358 e. The Morgan fingerprint density at radius 2 is 1.09 bits per heavy atom. The van der Waals surface area contributed by atoms with E-state index in [0.717, 1.165) is 0 Å². The van der Waals surface area contributed by atoms with Crippen LogP contribution in [0, 0.1) is 7.43 Å². The Bertz CT molecular complexity index is 96.5. The van der Waals surface area contributed by atoms with Gasteiger partial charge in [0.05, 0.1) is 0 Å². The third-order valence-corrected chi connectivity index (χ3v) is 0. The first-order valence-electron chi connectivity index (χ1n) is 1.44. The van der Waals surface area contributed by atoms with Gasteiger partial charge >= 0.3 is 34.2 Å². The molecule has 0 aliphatic carbocycles. The molecule has 0 bridgehead atoms. The Labute approximate surface area is 74.4 Å². The summed E-state index contributed by atoms with van der Waals surface area (Å²) in [6.45, 7) is 0. The van der Waals surface area contributed by atoms with Crippen LogP contribution in [0.2, 0.25) is 0 Å². The molecular formula is CH6BF3LiO4P. The van der Waals surface area contributed by atoms with Crippen molar-refractivity contribution in [3.63, 3.8) is 0 Å². The van der Waals surface area contributed by atoms with Gasteiger partial charge in [0.15, 0.2) is 0 Å². The molecule has 0 amide bonds. The van der Waals surface area contributed by atoms with Crippen LogP contribution in [0.1, 0.15) is 0 Å². The first-order chi connectivity index (χ1) is 3.73. The minimum atomic E-state index is -4.64. The normalized spacial score (nSPS) is 7.82. The molecule has 0 radical (unpaired) electrons. The van der Waals surface area contributed by atoms with Crippen molar-refractivity contribution in [1.82, 2.24) is 0 Å². The average Bonchev–Trinajstić information content (AvgIpc) is 1.19. The Morgan fingerprint density at radius 3 is 1.09 bits per heavy atom. The summed E-state index contributed by atoms with van der Waals surface area (Å²) in [6, 6.07) is 0. The predicted molar refractivity (Wildman–Crippen MR) is 29.8 cm³/mol. The summed E-state index contributed by atoms with van der Waals surface area (Å²) in [5.74, 6) is 0. The van der Waals surface area contributed by atoms with Gasteiger partial charge in [0.25, 0.3) is 0 Å². The zero-order valence-corrected chi connectivity index (χ0v) is 6.80. The van der Waals surface area contributed by atoms with Crippen LogP contribution in [0.3, 0.4) is 0 Å². The molecule has 10 heteroatoms. The Kier molecular flexibility index (Phi) is 21.7. The van der Waals surface area contributed by atoms with Gasteiger partial charge in [-0.1, -0.05) is 0 Å². The molecule has 0 aromatic carbocycles. The SMILES string of the molecule is FB(F)F.O=P(O)(O)O.[CH3-].[Li+]. The third-order valence-electron chi connectivity index (χ3n) is 0. The van der Waals surface area contributed by atoms with E-state index in [1.807, 2.05) is 0 Å². The van der Waals surface area contributed by atoms with Crippen molar-refractivity contribution in [2.45, 2.75) is 0 Å². The van der Waals surface area contributed by atoms with Crippen molar-refractivity contribution in [3.8, 4) is 0 Å². The van der Waals surface area contributed by atoms with Crippen LogP contribution in [-0.4, -0.2) is 22.2 Å². The van der Waals surface area contributed by atoms with Gasteiger partial charge < -0.3 is 22.1 Å². The molecule has 0 unspecified atom stereocenters. The summed E-state index contributed by atoms with van der Waals surface area (Å²) >= 11 is 0. The molecule has 0 atom stereocenters. The van der Waals surface area contributed by atoms with Crippen LogP contribution in [0.15, 0.2) is 0 Å². The zero-order valence-electron chi connectivity index (χ0n) is 5.91. The summed E-state index contributed by atoms with van der Waals surface area (Å²) in [5, 5.41) is 0. The van der Waals surface area contributed by atoms with Gasteiger partial charge in [-0.05, 0) is 0 Å². The Morgan fingerprint density at radius 1 is 1.09 bits per heavy atom. The van der Waals surface area contributed by atoms with Gasteiger partial charge in [-0.15, -0.1) is 0 Å². The summed E-state index contributed by atoms with van der Waals surface area (Å²) in [4.78, 5) is 21.6. The molecule has 0 aromatic heterocycles. The van der Waals surface area contributed by atoms with Crippen molar-refractivity contribution in [1.29, 1.82) is 0 Å². The van der Waals surface area contributed by atoms with E-state index >= 15 is 0 Å². The van der Waals surface area contributed by atoms with Crippen molar-refractivity contribution < 1.29 is 51.1 Å². The number of phosphoric acid groups is 1. The molecule has 0 heterocycles. The minimum Gasteiger partial charge on any atom is -0.358 e. The van der Waals surface area contributed by atoms with E-state index in [2.05, 4.69) is 0 Å². The largest absolute Gasteiger partial charge is 1.00 e. The quantitative estimate of drug-likeness (QED) is 0.221. The van der Waals surface area contributed by atoms with Crippen LogP contribution in [0.25, 0.3) is 0 Å². The number of hydrogen-bond donors (Lipinski definition) is 3. The van der Waals surface area contributed by atoms with E-state index < -0.39 is 15.4 Å². The maximum atomic E-state index is 9.67. The fourth-order valence-electron chi connectivity index (χ4n) is 0. The molecule has 0 fully saturated rings. The number of hydrogen-bond acceptors (Lipinski definition) is 1. The molecule has 0 aliphatic heterocycles. The molecule has 64 valence electrons. The van der Waals surface area contributed by atoms with Crippen molar-refractivity contribution in [3.05, 3.63) is 7.43 Å². The van der Waals surface area contributed by atoms with Gasteiger partial charge in [-0.3, -0.25) is 12.9 Å². The molecule has 0 saturated carbocycles. The van der Waals surface area contributed by atoms with Crippen molar-refractivity contribution >= 4 is 15.4 Å². The molecular weight excluding hydrogens is 182 g/mol. The van der Waals surface area contributed by atoms with Gasteiger partial charge in [0.2, 0.25) is 0 Å². The van der Waals surface area contributed by atoms with E-state index in [0.29, 0.717) is 0 Å². The first kappa shape index (κ1) is 22.6. The molecule has 11 heavy (non-hydrogen) atoms. The molecule has 0 rings (SSSR count). The molecule has 0 saturated heterocycles. The summed E-state index contributed by atoms with van der Waals surface area (Å²) in [6.07, 6.45) is 0. The fraction of sp³-hybridized carbons (Fsp3) is 0. The van der Waals surface area contributed by atoms with Crippen LogP contribution < -0.4 is 18.9 Å². The van der Waals surface area contributed by atoms with E-state index in [1.165, 1.54) is 0 Å². The van der Waals surface area contributed by atoms with E-state index in [4.69, 9.17) is 19.2 Å². The van der Waals surface area contributed by atoms with Crippen molar-refractivity contribution in [2.24, 2.45) is 0 Å². The maximum absolute atomic E-state index is 9.67.